The molecule has 2 rings (SSSR count). The normalized spacial score (nSPS) is 12.3. The average Bonchev–Trinajstić information content (AvgIpc) is 2.68. The Hall–Kier alpha value is -2.13. The number of amides is 1. The maximum atomic E-state index is 12.2. The number of aryl methyl sites for hydroxylation is 1. The Bertz CT molecular complexity index is 994. The summed E-state index contributed by atoms with van der Waals surface area (Å²) in [5.41, 5.74) is 1.13. The van der Waals surface area contributed by atoms with E-state index in [0.29, 0.717) is 17.1 Å². The summed E-state index contributed by atoms with van der Waals surface area (Å²) in [5, 5.41) is 3.28. The highest BCUT2D eigenvalue weighted by Crippen LogP contribution is 2.25. The van der Waals surface area contributed by atoms with E-state index >= 15 is 0 Å². The van der Waals surface area contributed by atoms with Crippen LogP contribution in [0.4, 0.5) is 5.69 Å². The van der Waals surface area contributed by atoms with E-state index in [2.05, 4.69) is 10.0 Å². The molecule has 10 heteroatoms. The number of esters is 1. The maximum absolute atomic E-state index is 12.2. The third kappa shape index (κ3) is 6.71. The molecule has 1 atom stereocenters. The van der Waals surface area contributed by atoms with Crippen molar-refractivity contribution in [3.8, 4) is 0 Å². The molecule has 0 aliphatic carbocycles. The summed E-state index contributed by atoms with van der Waals surface area (Å²) in [5.74, 6) is -1.08. The summed E-state index contributed by atoms with van der Waals surface area (Å²) < 4.78 is 30.8. The van der Waals surface area contributed by atoms with Crippen molar-refractivity contribution in [2.75, 3.05) is 12.4 Å². The number of hydrogen-bond donors (Lipinski definition) is 2. The third-order valence-corrected chi connectivity index (χ3v) is 5.96. The lowest BCUT2D eigenvalue weighted by molar-refractivity contribution is -0.153. The highest BCUT2D eigenvalue weighted by atomic mass is 35.5. The van der Waals surface area contributed by atoms with Gasteiger partial charge in [-0.05, 0) is 56.3 Å². The number of nitrogens with one attached hydrogen (secondary N) is 2. The molecule has 0 radical (unpaired) electrons. The number of carbonyl (C=O) groups excluding carboxylic acids is 2. The number of rotatable bonds is 8. The largest absolute Gasteiger partial charge is 0.453 e. The first-order valence-corrected chi connectivity index (χ1v) is 10.8. The summed E-state index contributed by atoms with van der Waals surface area (Å²) in [6.07, 6.45) is -0.634. The Balaban J connectivity index is 1.86. The first-order chi connectivity index (χ1) is 13.6. The first kappa shape index (κ1) is 23.2. The first-order valence-electron chi connectivity index (χ1n) is 8.60. The molecule has 2 aromatic carbocycles. The van der Waals surface area contributed by atoms with Gasteiger partial charge in [0.15, 0.2) is 6.10 Å². The van der Waals surface area contributed by atoms with Gasteiger partial charge in [0.1, 0.15) is 0 Å². The van der Waals surface area contributed by atoms with Crippen LogP contribution in [0, 0.1) is 0 Å². The number of anilines is 1. The van der Waals surface area contributed by atoms with Crippen molar-refractivity contribution < 1.29 is 22.7 Å². The predicted octanol–water partition coefficient (Wildman–Crippen LogP) is 3.40. The Morgan fingerprint density at radius 1 is 1.10 bits per heavy atom. The van der Waals surface area contributed by atoms with Gasteiger partial charge in [-0.1, -0.05) is 35.3 Å². The number of hydrogen-bond acceptors (Lipinski definition) is 5. The molecule has 2 N–H and O–H groups in total. The van der Waals surface area contributed by atoms with Gasteiger partial charge in [-0.2, -0.15) is 0 Å². The lowest BCUT2D eigenvalue weighted by Gasteiger charge is -2.14. The molecule has 0 spiro atoms. The fourth-order valence-corrected chi connectivity index (χ4v) is 3.52. The quantitative estimate of drug-likeness (QED) is 0.590. The highest BCUT2D eigenvalue weighted by molar-refractivity contribution is 7.89. The summed E-state index contributed by atoms with van der Waals surface area (Å²) in [6.45, 7) is 1.45. The Labute approximate surface area is 179 Å². The van der Waals surface area contributed by atoms with Crippen molar-refractivity contribution in [1.82, 2.24) is 4.72 Å². The number of sulfonamides is 1. The minimum Gasteiger partial charge on any atom is -0.453 e. The predicted molar refractivity (Wildman–Crippen MR) is 112 cm³/mol. The van der Waals surface area contributed by atoms with Gasteiger partial charge >= 0.3 is 5.97 Å². The van der Waals surface area contributed by atoms with Crippen LogP contribution in [0.15, 0.2) is 47.4 Å². The minimum absolute atomic E-state index is 0.0391. The summed E-state index contributed by atoms with van der Waals surface area (Å²) in [4.78, 5) is 24.3. The second kappa shape index (κ2) is 10.1. The van der Waals surface area contributed by atoms with Gasteiger partial charge in [-0.3, -0.25) is 9.59 Å². The molecule has 0 saturated heterocycles. The lowest BCUT2D eigenvalue weighted by Crippen LogP contribution is -2.30. The van der Waals surface area contributed by atoms with Crippen molar-refractivity contribution in [2.24, 2.45) is 0 Å². The molecule has 0 bridgehead atoms. The second-order valence-electron chi connectivity index (χ2n) is 6.10. The number of ether oxygens (including phenoxy) is 1. The topological polar surface area (TPSA) is 102 Å². The Kier molecular flexibility index (Phi) is 8.04. The average molecular weight is 459 g/mol. The third-order valence-electron chi connectivity index (χ3n) is 3.99. The van der Waals surface area contributed by atoms with E-state index in [0.717, 1.165) is 5.56 Å². The molecule has 0 heterocycles. The number of halogens is 2. The van der Waals surface area contributed by atoms with E-state index in [9.17, 15) is 18.0 Å². The lowest BCUT2D eigenvalue weighted by atomic mass is 10.1. The molecular weight excluding hydrogens is 439 g/mol. The van der Waals surface area contributed by atoms with Crippen LogP contribution in [-0.2, 0) is 30.8 Å². The molecule has 7 nitrogen and oxygen atoms in total. The van der Waals surface area contributed by atoms with Crippen molar-refractivity contribution in [3.05, 3.63) is 58.1 Å². The van der Waals surface area contributed by atoms with Crippen molar-refractivity contribution in [2.45, 2.75) is 30.8 Å². The van der Waals surface area contributed by atoms with Gasteiger partial charge in [0, 0.05) is 11.4 Å². The van der Waals surface area contributed by atoms with Gasteiger partial charge in [-0.15, -0.1) is 0 Å². The van der Waals surface area contributed by atoms with E-state index in [-0.39, 0.29) is 16.3 Å². The molecule has 0 aliphatic rings. The fourth-order valence-electron chi connectivity index (χ4n) is 2.33. The molecule has 1 unspecified atom stereocenters. The van der Waals surface area contributed by atoms with Crippen molar-refractivity contribution in [3.63, 3.8) is 0 Å². The van der Waals surface area contributed by atoms with Crippen LogP contribution < -0.4 is 10.0 Å². The Morgan fingerprint density at radius 2 is 1.76 bits per heavy atom. The van der Waals surface area contributed by atoms with Gasteiger partial charge in [0.25, 0.3) is 5.91 Å². The van der Waals surface area contributed by atoms with Crippen LogP contribution in [-0.4, -0.2) is 33.4 Å². The number of benzene rings is 2. The van der Waals surface area contributed by atoms with Gasteiger partial charge in [-0.25, -0.2) is 13.1 Å². The highest BCUT2D eigenvalue weighted by Gasteiger charge is 2.19. The Morgan fingerprint density at radius 3 is 2.34 bits per heavy atom. The minimum atomic E-state index is -3.51. The van der Waals surface area contributed by atoms with Crippen LogP contribution in [0.2, 0.25) is 10.0 Å². The van der Waals surface area contributed by atoms with Gasteiger partial charge in [0.2, 0.25) is 10.0 Å². The van der Waals surface area contributed by atoms with E-state index < -0.39 is 28.0 Å². The molecule has 0 aromatic heterocycles. The standard InChI is InChI=1S/C19H20Cl2N2O5S/c1-12(19(25)23-17-9-6-14(20)11-16(17)21)28-18(24)10-5-13-3-7-15(8-4-13)29(26,27)22-2/h3-4,6-9,11-12,22H,5,10H2,1-2H3,(H,23,25). The van der Waals surface area contributed by atoms with Gasteiger partial charge < -0.3 is 10.1 Å². The summed E-state index contributed by atoms with van der Waals surface area (Å²) in [6, 6.07) is 10.8. The zero-order valence-electron chi connectivity index (χ0n) is 15.7. The molecule has 29 heavy (non-hydrogen) atoms. The molecule has 0 fully saturated rings. The molecule has 2 aromatic rings. The van der Waals surface area contributed by atoms with E-state index in [1.165, 1.54) is 32.2 Å². The summed E-state index contributed by atoms with van der Waals surface area (Å²) >= 11 is 11.8. The van der Waals surface area contributed by atoms with E-state index in [4.69, 9.17) is 27.9 Å². The SMILES string of the molecule is CNS(=O)(=O)c1ccc(CCC(=O)OC(C)C(=O)Nc2ccc(Cl)cc2Cl)cc1. The molecule has 0 saturated carbocycles. The summed E-state index contributed by atoms with van der Waals surface area (Å²) in [7, 11) is -2.18. The number of carbonyl (C=O) groups is 2. The monoisotopic (exact) mass is 458 g/mol. The molecule has 156 valence electrons. The molecule has 0 aliphatic heterocycles. The zero-order chi connectivity index (χ0) is 21.6. The van der Waals surface area contributed by atoms with Crippen LogP contribution in [0.25, 0.3) is 0 Å². The van der Waals surface area contributed by atoms with Crippen LogP contribution in [0.1, 0.15) is 18.9 Å². The molecule has 1 amide bonds. The van der Waals surface area contributed by atoms with E-state index in [1.54, 1.807) is 24.3 Å². The molecular formula is C19H20Cl2N2O5S. The fraction of sp³-hybridized carbons (Fsp3) is 0.263. The smallest absolute Gasteiger partial charge is 0.306 e. The van der Waals surface area contributed by atoms with Crippen LogP contribution in [0.3, 0.4) is 0 Å². The van der Waals surface area contributed by atoms with Crippen molar-refractivity contribution >= 4 is 50.8 Å². The van der Waals surface area contributed by atoms with Gasteiger partial charge in [0.05, 0.1) is 15.6 Å². The van der Waals surface area contributed by atoms with Crippen LogP contribution >= 0.6 is 23.2 Å². The zero-order valence-corrected chi connectivity index (χ0v) is 18.1. The van der Waals surface area contributed by atoms with Crippen LogP contribution in [0.5, 0.6) is 0 Å². The second-order valence-corrected chi connectivity index (χ2v) is 8.83. The van der Waals surface area contributed by atoms with Crippen molar-refractivity contribution in [1.29, 1.82) is 0 Å². The van der Waals surface area contributed by atoms with E-state index in [1.807, 2.05) is 0 Å². The maximum Gasteiger partial charge on any atom is 0.306 e.